The molecular formula is C21H23NO4. The number of anilines is 1. The molecule has 5 heteroatoms. The van der Waals surface area contributed by atoms with Crippen LogP contribution in [0, 0.1) is 5.92 Å². The molecule has 0 heterocycles. The molecule has 1 aliphatic carbocycles. The molecule has 2 aromatic carbocycles. The molecule has 0 unspecified atom stereocenters. The molecule has 1 amide bonds. The Morgan fingerprint density at radius 3 is 2.46 bits per heavy atom. The molecule has 0 aliphatic heterocycles. The topological polar surface area (TPSA) is 55.8 Å². The number of carbonyl (C=O) groups is 2. The molecule has 0 saturated heterocycles. The standard InChI is InChI=1S/C21H23NO4/c1-15(23)22(13-16-8-9-16)19-10-18(21(24)25-2)11-20(12-19)26-14-17-6-4-3-5-7-17/h3-7,10-12,16H,8-9,13-14H2,1-2H3. The highest BCUT2D eigenvalue weighted by atomic mass is 16.5. The second kappa shape index (κ2) is 8.04. The summed E-state index contributed by atoms with van der Waals surface area (Å²) in [6.45, 7) is 2.59. The highest BCUT2D eigenvalue weighted by Gasteiger charge is 2.27. The molecule has 3 rings (SSSR count). The average Bonchev–Trinajstić information content (AvgIpc) is 3.48. The molecule has 1 fully saturated rings. The number of ether oxygens (including phenoxy) is 2. The van der Waals surface area contributed by atoms with Gasteiger partial charge in [-0.15, -0.1) is 0 Å². The van der Waals surface area contributed by atoms with Gasteiger partial charge in [0.2, 0.25) is 5.91 Å². The van der Waals surface area contributed by atoms with Gasteiger partial charge in [0.05, 0.1) is 12.7 Å². The SMILES string of the molecule is COC(=O)c1cc(OCc2ccccc2)cc(N(CC2CC2)C(C)=O)c1. The van der Waals surface area contributed by atoms with E-state index < -0.39 is 5.97 Å². The normalized spacial score (nSPS) is 13.2. The van der Waals surface area contributed by atoms with Gasteiger partial charge in [0, 0.05) is 25.2 Å². The van der Waals surface area contributed by atoms with Gasteiger partial charge >= 0.3 is 5.97 Å². The number of benzene rings is 2. The van der Waals surface area contributed by atoms with E-state index in [2.05, 4.69) is 0 Å². The van der Waals surface area contributed by atoms with E-state index in [1.807, 2.05) is 30.3 Å². The predicted molar refractivity (Wildman–Crippen MR) is 99.3 cm³/mol. The van der Waals surface area contributed by atoms with Crippen molar-refractivity contribution in [3.8, 4) is 5.75 Å². The van der Waals surface area contributed by atoms with Crippen molar-refractivity contribution >= 4 is 17.6 Å². The van der Waals surface area contributed by atoms with Crippen LogP contribution in [0.1, 0.15) is 35.7 Å². The van der Waals surface area contributed by atoms with Crippen LogP contribution < -0.4 is 9.64 Å². The van der Waals surface area contributed by atoms with Gasteiger partial charge in [-0.2, -0.15) is 0 Å². The number of nitrogens with zero attached hydrogens (tertiary/aromatic N) is 1. The monoisotopic (exact) mass is 353 g/mol. The molecule has 1 saturated carbocycles. The van der Waals surface area contributed by atoms with E-state index in [0.29, 0.717) is 36.1 Å². The van der Waals surface area contributed by atoms with Crippen LogP contribution in [0.4, 0.5) is 5.69 Å². The minimum Gasteiger partial charge on any atom is -0.489 e. The first-order chi connectivity index (χ1) is 12.6. The van der Waals surface area contributed by atoms with Gasteiger partial charge in [-0.3, -0.25) is 4.79 Å². The molecule has 0 atom stereocenters. The van der Waals surface area contributed by atoms with Crippen molar-refractivity contribution in [3.05, 3.63) is 59.7 Å². The summed E-state index contributed by atoms with van der Waals surface area (Å²) in [5.74, 6) is 0.572. The Balaban J connectivity index is 1.87. The van der Waals surface area contributed by atoms with Crippen molar-refractivity contribution in [2.24, 2.45) is 5.92 Å². The Hall–Kier alpha value is -2.82. The fraction of sp³-hybridized carbons (Fsp3) is 0.333. The largest absolute Gasteiger partial charge is 0.489 e. The zero-order chi connectivity index (χ0) is 18.5. The van der Waals surface area contributed by atoms with Crippen LogP contribution in [0.15, 0.2) is 48.5 Å². The van der Waals surface area contributed by atoms with Crippen molar-refractivity contribution in [1.29, 1.82) is 0 Å². The fourth-order valence-electron chi connectivity index (χ4n) is 2.77. The number of methoxy groups -OCH3 is 1. The van der Waals surface area contributed by atoms with Gasteiger partial charge in [0.25, 0.3) is 0 Å². The first kappa shape index (κ1) is 18.0. The summed E-state index contributed by atoms with van der Waals surface area (Å²) in [5.41, 5.74) is 2.06. The maximum atomic E-state index is 12.1. The third-order valence-corrected chi connectivity index (χ3v) is 4.39. The molecule has 26 heavy (non-hydrogen) atoms. The quantitative estimate of drug-likeness (QED) is 0.710. The molecule has 5 nitrogen and oxygen atoms in total. The van der Waals surface area contributed by atoms with Crippen LogP contribution in [-0.2, 0) is 16.1 Å². The number of rotatable bonds is 7. The molecule has 0 N–H and O–H groups in total. The first-order valence-corrected chi connectivity index (χ1v) is 8.75. The van der Waals surface area contributed by atoms with Crippen molar-refractivity contribution in [1.82, 2.24) is 0 Å². The van der Waals surface area contributed by atoms with E-state index in [1.54, 1.807) is 23.1 Å². The van der Waals surface area contributed by atoms with Gasteiger partial charge in [-0.05, 0) is 36.5 Å². The summed E-state index contributed by atoms with van der Waals surface area (Å²) in [4.78, 5) is 25.9. The fourth-order valence-corrected chi connectivity index (χ4v) is 2.77. The van der Waals surface area contributed by atoms with Gasteiger partial charge in [-0.1, -0.05) is 30.3 Å². The Bertz CT molecular complexity index is 784. The molecule has 0 bridgehead atoms. The summed E-state index contributed by atoms with van der Waals surface area (Å²) in [7, 11) is 1.34. The van der Waals surface area contributed by atoms with E-state index >= 15 is 0 Å². The Kier molecular flexibility index (Phi) is 5.56. The smallest absolute Gasteiger partial charge is 0.338 e. The third-order valence-electron chi connectivity index (χ3n) is 4.39. The summed E-state index contributed by atoms with van der Waals surface area (Å²) >= 11 is 0. The minimum absolute atomic E-state index is 0.0482. The van der Waals surface area contributed by atoms with Crippen LogP contribution in [-0.4, -0.2) is 25.5 Å². The zero-order valence-corrected chi connectivity index (χ0v) is 15.1. The molecular weight excluding hydrogens is 330 g/mol. The highest BCUT2D eigenvalue weighted by Crippen LogP contribution is 2.33. The van der Waals surface area contributed by atoms with E-state index in [0.717, 1.165) is 18.4 Å². The summed E-state index contributed by atoms with van der Waals surface area (Å²) in [6.07, 6.45) is 2.27. The first-order valence-electron chi connectivity index (χ1n) is 8.75. The molecule has 0 radical (unpaired) electrons. The lowest BCUT2D eigenvalue weighted by Crippen LogP contribution is -2.30. The summed E-state index contributed by atoms with van der Waals surface area (Å²) < 4.78 is 10.7. The maximum Gasteiger partial charge on any atom is 0.338 e. The van der Waals surface area contributed by atoms with Gasteiger partial charge in [0.1, 0.15) is 12.4 Å². The van der Waals surface area contributed by atoms with Crippen LogP contribution >= 0.6 is 0 Å². The Morgan fingerprint density at radius 2 is 1.85 bits per heavy atom. The van der Waals surface area contributed by atoms with Crippen molar-refractivity contribution in [3.63, 3.8) is 0 Å². The van der Waals surface area contributed by atoms with Crippen molar-refractivity contribution < 1.29 is 19.1 Å². The van der Waals surface area contributed by atoms with Crippen LogP contribution in [0.5, 0.6) is 5.75 Å². The van der Waals surface area contributed by atoms with E-state index in [9.17, 15) is 9.59 Å². The lowest BCUT2D eigenvalue weighted by atomic mass is 10.1. The molecule has 2 aromatic rings. The second-order valence-electron chi connectivity index (χ2n) is 6.55. The van der Waals surface area contributed by atoms with E-state index in [4.69, 9.17) is 9.47 Å². The number of hydrogen-bond donors (Lipinski definition) is 0. The molecule has 0 aromatic heterocycles. The number of esters is 1. The number of hydrogen-bond acceptors (Lipinski definition) is 4. The molecule has 1 aliphatic rings. The summed E-state index contributed by atoms with van der Waals surface area (Å²) in [5, 5.41) is 0. The van der Waals surface area contributed by atoms with Gasteiger partial charge in [0.15, 0.2) is 0 Å². The highest BCUT2D eigenvalue weighted by molar-refractivity contribution is 5.95. The number of amides is 1. The maximum absolute atomic E-state index is 12.1. The van der Waals surface area contributed by atoms with Gasteiger partial charge in [-0.25, -0.2) is 4.79 Å². The average molecular weight is 353 g/mol. The third kappa shape index (κ3) is 4.63. The Labute approximate surface area is 153 Å². The minimum atomic E-state index is -0.452. The lowest BCUT2D eigenvalue weighted by molar-refractivity contribution is -0.116. The lowest BCUT2D eigenvalue weighted by Gasteiger charge is -2.22. The Morgan fingerprint density at radius 1 is 1.12 bits per heavy atom. The van der Waals surface area contributed by atoms with Crippen LogP contribution in [0.3, 0.4) is 0 Å². The summed E-state index contributed by atoms with van der Waals surface area (Å²) in [6, 6.07) is 14.9. The van der Waals surface area contributed by atoms with Gasteiger partial charge < -0.3 is 14.4 Å². The molecule has 136 valence electrons. The van der Waals surface area contributed by atoms with Crippen LogP contribution in [0.2, 0.25) is 0 Å². The second-order valence-corrected chi connectivity index (χ2v) is 6.55. The zero-order valence-electron chi connectivity index (χ0n) is 15.1. The number of carbonyl (C=O) groups excluding carboxylic acids is 2. The van der Waals surface area contributed by atoms with E-state index in [-0.39, 0.29) is 5.91 Å². The predicted octanol–water partition coefficient (Wildman–Crippen LogP) is 3.82. The molecule has 0 spiro atoms. The van der Waals surface area contributed by atoms with Crippen molar-refractivity contribution in [2.75, 3.05) is 18.6 Å². The van der Waals surface area contributed by atoms with E-state index in [1.165, 1.54) is 14.0 Å². The van der Waals surface area contributed by atoms with Crippen molar-refractivity contribution in [2.45, 2.75) is 26.4 Å². The van der Waals surface area contributed by atoms with Crippen LogP contribution in [0.25, 0.3) is 0 Å².